The monoisotopic (exact) mass is 532 g/mol. The van der Waals surface area contributed by atoms with Gasteiger partial charge in [0.25, 0.3) is 15.7 Å². The van der Waals surface area contributed by atoms with Crippen LogP contribution in [0, 0.1) is 0 Å². The van der Waals surface area contributed by atoms with Gasteiger partial charge in [-0.25, -0.2) is 17.8 Å². The molecule has 0 aliphatic heterocycles. The van der Waals surface area contributed by atoms with Crippen molar-refractivity contribution in [1.29, 1.82) is 0 Å². The van der Waals surface area contributed by atoms with Gasteiger partial charge in [-0.1, -0.05) is 18.2 Å². The summed E-state index contributed by atoms with van der Waals surface area (Å²) in [4.78, 5) is 30.3. The van der Waals surface area contributed by atoms with Crippen molar-refractivity contribution in [2.24, 2.45) is 0 Å². The minimum Gasteiger partial charge on any atom is -0.493 e. The molecule has 192 valence electrons. The minimum absolute atomic E-state index is 0.0440. The van der Waals surface area contributed by atoms with E-state index in [0.717, 1.165) is 27.5 Å². The second kappa shape index (κ2) is 9.58. The van der Waals surface area contributed by atoms with Gasteiger partial charge < -0.3 is 10.0 Å². The number of hydrogen-bond donors (Lipinski definition) is 1. The maximum Gasteiger partial charge on any atom is 0.501 e. The molecule has 37 heavy (non-hydrogen) atoms. The maximum absolute atomic E-state index is 12.9. The minimum atomic E-state index is -5.56. The number of aromatic nitrogens is 3. The molecule has 0 aliphatic carbocycles. The summed E-state index contributed by atoms with van der Waals surface area (Å²) in [7, 11) is -3.96. The van der Waals surface area contributed by atoms with Crippen LogP contribution in [0.3, 0.4) is 0 Å². The summed E-state index contributed by atoms with van der Waals surface area (Å²) in [6.45, 7) is -0.0578. The van der Waals surface area contributed by atoms with Gasteiger partial charge in [-0.3, -0.25) is 14.3 Å². The van der Waals surface area contributed by atoms with Gasteiger partial charge in [0.15, 0.2) is 0 Å². The molecule has 0 aliphatic rings. The molecule has 2 aromatic carbocycles. The third kappa shape index (κ3) is 4.98. The number of halogens is 3. The number of para-hydroxylation sites is 1. The molecule has 2 aromatic heterocycles. The first-order valence-corrected chi connectivity index (χ1v) is 12.1. The van der Waals surface area contributed by atoms with E-state index in [4.69, 9.17) is 0 Å². The number of imidazole rings is 1. The predicted octanol–water partition coefficient (Wildman–Crippen LogP) is 3.36. The van der Waals surface area contributed by atoms with Crippen LogP contribution in [-0.2, 0) is 16.4 Å². The van der Waals surface area contributed by atoms with Crippen molar-refractivity contribution in [2.45, 2.75) is 16.9 Å². The smallest absolute Gasteiger partial charge is 0.493 e. The molecule has 0 saturated heterocycles. The zero-order valence-electron chi connectivity index (χ0n) is 19.1. The van der Waals surface area contributed by atoms with E-state index in [2.05, 4.69) is 4.98 Å². The van der Waals surface area contributed by atoms with Crippen LogP contribution >= 0.6 is 0 Å². The SMILES string of the molecule is CN(C(=O)c1cc(Cn2cc(O)n(-c3ccc(S(=O)(=O)C(F)(F)F)cc3)c2=O)ccn1)c1ccccc1. The Morgan fingerprint density at radius 3 is 2.32 bits per heavy atom. The van der Waals surface area contributed by atoms with E-state index in [1.54, 1.807) is 37.4 Å². The van der Waals surface area contributed by atoms with Crippen LogP contribution in [0.4, 0.5) is 18.9 Å². The highest BCUT2D eigenvalue weighted by atomic mass is 32.2. The molecule has 9 nitrogen and oxygen atoms in total. The van der Waals surface area contributed by atoms with Crippen molar-refractivity contribution in [3.8, 4) is 11.6 Å². The summed E-state index contributed by atoms with van der Waals surface area (Å²) in [6, 6.07) is 15.4. The van der Waals surface area contributed by atoms with E-state index < -0.39 is 31.8 Å². The Bertz CT molecular complexity index is 1610. The summed E-state index contributed by atoms with van der Waals surface area (Å²) in [6.07, 6.45) is 2.52. The molecule has 0 spiro atoms. The summed E-state index contributed by atoms with van der Waals surface area (Å²) >= 11 is 0. The number of carbonyl (C=O) groups excluding carboxylic acids is 1. The van der Waals surface area contributed by atoms with E-state index in [0.29, 0.717) is 23.4 Å². The Hall–Kier alpha value is -4.39. The third-order valence-electron chi connectivity index (χ3n) is 5.49. The Balaban J connectivity index is 1.59. The molecular formula is C24H19F3N4O5S. The van der Waals surface area contributed by atoms with Crippen LogP contribution in [0.1, 0.15) is 16.1 Å². The number of amides is 1. The number of nitrogens with zero attached hydrogens (tertiary/aromatic N) is 4. The average molecular weight is 533 g/mol. The molecule has 4 aromatic rings. The number of alkyl halides is 3. The zero-order valence-corrected chi connectivity index (χ0v) is 19.9. The molecule has 0 fully saturated rings. The molecule has 1 amide bonds. The van der Waals surface area contributed by atoms with E-state index >= 15 is 0 Å². The van der Waals surface area contributed by atoms with Crippen molar-refractivity contribution < 1.29 is 31.5 Å². The van der Waals surface area contributed by atoms with E-state index in [-0.39, 0.29) is 23.8 Å². The fourth-order valence-corrected chi connectivity index (χ4v) is 4.33. The Morgan fingerprint density at radius 2 is 1.70 bits per heavy atom. The van der Waals surface area contributed by atoms with Crippen molar-refractivity contribution >= 4 is 21.4 Å². The van der Waals surface area contributed by atoms with Crippen LogP contribution < -0.4 is 10.6 Å². The topological polar surface area (TPSA) is 114 Å². The van der Waals surface area contributed by atoms with E-state index in [1.807, 2.05) is 6.07 Å². The number of hydrogen-bond acceptors (Lipinski definition) is 6. The molecule has 2 heterocycles. The molecule has 1 N–H and O–H groups in total. The number of carbonyl (C=O) groups is 1. The van der Waals surface area contributed by atoms with Gasteiger partial charge in [0.2, 0.25) is 5.88 Å². The van der Waals surface area contributed by atoms with Crippen LogP contribution in [0.2, 0.25) is 0 Å². The van der Waals surface area contributed by atoms with Crippen LogP contribution in [-0.4, -0.2) is 46.1 Å². The second-order valence-corrected chi connectivity index (χ2v) is 9.87. The number of benzene rings is 2. The third-order valence-corrected chi connectivity index (χ3v) is 6.99. The molecule has 0 unspecified atom stereocenters. The van der Waals surface area contributed by atoms with Crippen molar-refractivity contribution in [1.82, 2.24) is 14.1 Å². The highest BCUT2D eigenvalue weighted by molar-refractivity contribution is 7.92. The van der Waals surface area contributed by atoms with Gasteiger partial charge in [-0.15, -0.1) is 0 Å². The molecule has 0 atom stereocenters. The van der Waals surface area contributed by atoms with Crippen LogP contribution in [0.25, 0.3) is 5.69 Å². The maximum atomic E-state index is 12.9. The molecule has 0 bridgehead atoms. The molecule has 0 saturated carbocycles. The Kier molecular flexibility index (Phi) is 6.65. The van der Waals surface area contributed by atoms with Gasteiger partial charge in [-0.2, -0.15) is 13.2 Å². The van der Waals surface area contributed by atoms with Crippen LogP contribution in [0.15, 0.2) is 88.8 Å². The van der Waals surface area contributed by atoms with Gasteiger partial charge in [0.05, 0.1) is 23.3 Å². The fourth-order valence-electron chi connectivity index (χ4n) is 3.57. The highest BCUT2D eigenvalue weighted by Crippen LogP contribution is 2.30. The zero-order chi connectivity index (χ0) is 27.0. The Labute approximate surface area is 208 Å². The number of sulfone groups is 1. The van der Waals surface area contributed by atoms with Crippen LogP contribution in [0.5, 0.6) is 5.88 Å². The number of pyridine rings is 1. The average Bonchev–Trinajstić information content (AvgIpc) is 3.15. The number of anilines is 1. The lowest BCUT2D eigenvalue weighted by Gasteiger charge is -2.17. The molecule has 0 radical (unpaired) electrons. The lowest BCUT2D eigenvalue weighted by atomic mass is 10.2. The summed E-state index contributed by atoms with van der Waals surface area (Å²) in [5.41, 5.74) is -4.95. The van der Waals surface area contributed by atoms with Gasteiger partial charge in [-0.05, 0) is 54.1 Å². The normalized spacial score (nSPS) is 11.9. The largest absolute Gasteiger partial charge is 0.501 e. The first kappa shape index (κ1) is 25.7. The summed E-state index contributed by atoms with van der Waals surface area (Å²) in [5.74, 6) is -0.902. The van der Waals surface area contributed by atoms with E-state index in [9.17, 15) is 36.3 Å². The number of rotatable bonds is 6. The van der Waals surface area contributed by atoms with Gasteiger partial charge >= 0.3 is 11.2 Å². The summed E-state index contributed by atoms with van der Waals surface area (Å²) in [5, 5.41) is 10.3. The Morgan fingerprint density at radius 1 is 1.05 bits per heavy atom. The van der Waals surface area contributed by atoms with Crippen molar-refractivity contribution in [2.75, 3.05) is 11.9 Å². The molecule has 13 heteroatoms. The predicted molar refractivity (Wildman–Crippen MR) is 127 cm³/mol. The second-order valence-electron chi connectivity index (χ2n) is 7.93. The molecule has 4 rings (SSSR count). The lowest BCUT2D eigenvalue weighted by Crippen LogP contribution is -2.27. The lowest BCUT2D eigenvalue weighted by molar-refractivity contribution is -0.0436. The number of aromatic hydroxyl groups is 1. The van der Waals surface area contributed by atoms with E-state index in [1.165, 1.54) is 17.2 Å². The first-order valence-electron chi connectivity index (χ1n) is 10.6. The molecular weight excluding hydrogens is 513 g/mol. The van der Waals surface area contributed by atoms with Gasteiger partial charge in [0.1, 0.15) is 5.69 Å². The first-order chi connectivity index (χ1) is 17.4. The van der Waals surface area contributed by atoms with Gasteiger partial charge in [0, 0.05) is 18.9 Å². The summed E-state index contributed by atoms with van der Waals surface area (Å²) < 4.78 is 63.4. The standard InChI is InChI=1S/C24H19F3N4O5S/c1-29(17-5-3-2-4-6-17)22(33)20-13-16(11-12-28-20)14-30-15-21(32)31(23(30)34)18-7-9-19(10-8-18)37(35,36)24(25,26)27/h2-13,15,32H,14H2,1H3. The quantitative estimate of drug-likeness (QED) is 0.407. The fraction of sp³-hybridized carbons (Fsp3) is 0.125. The van der Waals surface area contributed by atoms with Crippen molar-refractivity contribution in [3.63, 3.8) is 0 Å². The van der Waals surface area contributed by atoms with Crippen molar-refractivity contribution in [3.05, 3.63) is 101 Å². The highest BCUT2D eigenvalue weighted by Gasteiger charge is 2.46.